The minimum atomic E-state index is 0.404. The van der Waals surface area contributed by atoms with Crippen LogP contribution in [0, 0.1) is 11.8 Å². The van der Waals surface area contributed by atoms with Crippen molar-refractivity contribution < 1.29 is 4.74 Å². The first kappa shape index (κ1) is 17.2. The van der Waals surface area contributed by atoms with Gasteiger partial charge in [-0.2, -0.15) is 0 Å². The van der Waals surface area contributed by atoms with Crippen molar-refractivity contribution in [3.63, 3.8) is 0 Å². The summed E-state index contributed by atoms with van der Waals surface area (Å²) in [6.45, 7) is 13.7. The third kappa shape index (κ3) is 6.06. The van der Waals surface area contributed by atoms with E-state index in [2.05, 4.69) is 42.6 Å². The molecule has 0 aliphatic carbocycles. The van der Waals surface area contributed by atoms with Crippen LogP contribution in [0.3, 0.4) is 0 Å². The van der Waals surface area contributed by atoms with Crippen molar-refractivity contribution in [3.8, 4) is 0 Å². The van der Waals surface area contributed by atoms with Crippen LogP contribution in [-0.2, 0) is 11.3 Å². The Morgan fingerprint density at radius 2 is 1.75 bits per heavy atom. The first-order valence-electron chi connectivity index (χ1n) is 7.28. The molecule has 4 nitrogen and oxygen atoms in total. The van der Waals surface area contributed by atoms with Gasteiger partial charge in [0.2, 0.25) is 0 Å². The monoisotopic (exact) mass is 299 g/mol. The van der Waals surface area contributed by atoms with Gasteiger partial charge in [-0.15, -0.1) is 0 Å². The minimum Gasteiger partial charge on any atom is -0.374 e. The SMILES string of the molecule is CCOCc1nc(Cl)cc(N(CC(C)C)CC(C)C)n1. The first-order valence-corrected chi connectivity index (χ1v) is 7.66. The van der Waals surface area contributed by atoms with Gasteiger partial charge in [0, 0.05) is 25.8 Å². The summed E-state index contributed by atoms with van der Waals surface area (Å²) >= 11 is 6.11. The molecule has 20 heavy (non-hydrogen) atoms. The van der Waals surface area contributed by atoms with Gasteiger partial charge in [-0.05, 0) is 18.8 Å². The second kappa shape index (κ2) is 8.42. The van der Waals surface area contributed by atoms with Gasteiger partial charge in [0.25, 0.3) is 0 Å². The fraction of sp³-hybridized carbons (Fsp3) is 0.733. The lowest BCUT2D eigenvalue weighted by Gasteiger charge is -2.27. The Morgan fingerprint density at radius 3 is 2.25 bits per heavy atom. The molecule has 1 heterocycles. The molecule has 0 spiro atoms. The van der Waals surface area contributed by atoms with E-state index < -0.39 is 0 Å². The molecule has 0 unspecified atom stereocenters. The Kier molecular flexibility index (Phi) is 7.24. The van der Waals surface area contributed by atoms with E-state index in [1.54, 1.807) is 0 Å². The summed E-state index contributed by atoms with van der Waals surface area (Å²) in [5.41, 5.74) is 0. The number of rotatable bonds is 8. The van der Waals surface area contributed by atoms with Crippen molar-refractivity contribution in [2.45, 2.75) is 41.2 Å². The predicted octanol–water partition coefficient (Wildman–Crippen LogP) is 3.78. The van der Waals surface area contributed by atoms with Crippen molar-refractivity contribution in [1.82, 2.24) is 9.97 Å². The molecule has 0 amide bonds. The molecule has 0 saturated heterocycles. The number of aromatic nitrogens is 2. The molecular weight excluding hydrogens is 274 g/mol. The lowest BCUT2D eigenvalue weighted by Crippen LogP contribution is -2.32. The summed E-state index contributed by atoms with van der Waals surface area (Å²) < 4.78 is 5.37. The number of hydrogen-bond acceptors (Lipinski definition) is 4. The molecule has 0 atom stereocenters. The van der Waals surface area contributed by atoms with E-state index in [0.717, 1.165) is 18.9 Å². The molecule has 0 fully saturated rings. The van der Waals surface area contributed by atoms with E-state index in [9.17, 15) is 0 Å². The second-order valence-corrected chi connectivity index (χ2v) is 6.18. The van der Waals surface area contributed by atoms with Crippen LogP contribution in [0.5, 0.6) is 0 Å². The fourth-order valence-corrected chi connectivity index (χ4v) is 2.21. The third-order valence-electron chi connectivity index (χ3n) is 2.66. The molecule has 0 radical (unpaired) electrons. The zero-order valence-electron chi connectivity index (χ0n) is 13.2. The average molecular weight is 300 g/mol. The normalized spacial score (nSPS) is 11.4. The maximum atomic E-state index is 6.11. The van der Waals surface area contributed by atoms with Crippen LogP contribution < -0.4 is 4.90 Å². The molecule has 1 aromatic heterocycles. The van der Waals surface area contributed by atoms with Crippen molar-refractivity contribution in [2.75, 3.05) is 24.6 Å². The summed E-state index contributed by atoms with van der Waals surface area (Å²) in [5.74, 6) is 2.67. The van der Waals surface area contributed by atoms with Crippen molar-refractivity contribution in [1.29, 1.82) is 0 Å². The van der Waals surface area contributed by atoms with E-state index in [0.29, 0.717) is 36.0 Å². The molecule has 5 heteroatoms. The quantitative estimate of drug-likeness (QED) is 0.685. The van der Waals surface area contributed by atoms with Crippen molar-refractivity contribution in [3.05, 3.63) is 17.0 Å². The lowest BCUT2D eigenvalue weighted by atomic mass is 10.1. The van der Waals surface area contributed by atoms with Crippen LogP contribution in [-0.4, -0.2) is 29.7 Å². The maximum absolute atomic E-state index is 6.11. The summed E-state index contributed by atoms with van der Waals surface area (Å²) in [4.78, 5) is 11.1. The molecule has 1 rings (SSSR count). The number of nitrogens with zero attached hydrogens (tertiary/aromatic N) is 3. The van der Waals surface area contributed by atoms with Crippen LogP contribution in [0.2, 0.25) is 5.15 Å². The fourth-order valence-electron chi connectivity index (χ4n) is 2.01. The summed E-state index contributed by atoms with van der Waals surface area (Å²) in [7, 11) is 0. The Morgan fingerprint density at radius 1 is 1.15 bits per heavy atom. The van der Waals surface area contributed by atoms with Crippen LogP contribution in [0.25, 0.3) is 0 Å². The number of ether oxygens (including phenoxy) is 1. The summed E-state index contributed by atoms with van der Waals surface area (Å²) in [5, 5.41) is 0.474. The zero-order chi connectivity index (χ0) is 15.1. The van der Waals surface area contributed by atoms with Crippen LogP contribution in [0.15, 0.2) is 6.07 Å². The van der Waals surface area contributed by atoms with Gasteiger partial charge in [-0.3, -0.25) is 0 Å². The van der Waals surface area contributed by atoms with E-state index in [1.807, 2.05) is 13.0 Å². The van der Waals surface area contributed by atoms with Gasteiger partial charge in [0.1, 0.15) is 17.6 Å². The largest absolute Gasteiger partial charge is 0.374 e. The van der Waals surface area contributed by atoms with Gasteiger partial charge in [0.15, 0.2) is 5.82 Å². The van der Waals surface area contributed by atoms with E-state index >= 15 is 0 Å². The molecular formula is C15H26ClN3O. The molecule has 0 aliphatic rings. The number of hydrogen-bond donors (Lipinski definition) is 0. The standard InChI is InChI=1S/C15H26ClN3O/c1-6-20-10-14-17-13(16)7-15(18-14)19(8-11(2)3)9-12(4)5/h7,11-12H,6,8-10H2,1-5H3. The topological polar surface area (TPSA) is 38.2 Å². The molecule has 0 N–H and O–H groups in total. The Bertz CT molecular complexity index is 400. The highest BCUT2D eigenvalue weighted by molar-refractivity contribution is 6.29. The Balaban J connectivity index is 2.95. The lowest BCUT2D eigenvalue weighted by molar-refractivity contribution is 0.128. The van der Waals surface area contributed by atoms with E-state index in [4.69, 9.17) is 16.3 Å². The molecule has 0 bridgehead atoms. The van der Waals surface area contributed by atoms with Gasteiger partial charge < -0.3 is 9.64 Å². The average Bonchev–Trinajstić information content (AvgIpc) is 2.33. The van der Waals surface area contributed by atoms with Crippen molar-refractivity contribution >= 4 is 17.4 Å². The van der Waals surface area contributed by atoms with Crippen LogP contribution in [0.4, 0.5) is 5.82 Å². The molecule has 114 valence electrons. The van der Waals surface area contributed by atoms with Gasteiger partial charge >= 0.3 is 0 Å². The van der Waals surface area contributed by atoms with E-state index in [-0.39, 0.29) is 0 Å². The second-order valence-electron chi connectivity index (χ2n) is 5.79. The minimum absolute atomic E-state index is 0.404. The van der Waals surface area contributed by atoms with Gasteiger partial charge in [-0.25, -0.2) is 9.97 Å². The zero-order valence-corrected chi connectivity index (χ0v) is 13.9. The van der Waals surface area contributed by atoms with Gasteiger partial charge in [-0.1, -0.05) is 39.3 Å². The summed E-state index contributed by atoms with van der Waals surface area (Å²) in [6.07, 6.45) is 0. The van der Waals surface area contributed by atoms with Crippen LogP contribution in [0.1, 0.15) is 40.4 Å². The molecule has 0 saturated carbocycles. The molecule has 0 aliphatic heterocycles. The smallest absolute Gasteiger partial charge is 0.158 e. The third-order valence-corrected chi connectivity index (χ3v) is 2.85. The Hall–Kier alpha value is -0.870. The van der Waals surface area contributed by atoms with Crippen LogP contribution >= 0.6 is 11.6 Å². The number of anilines is 1. The Labute approximate surface area is 127 Å². The molecule has 0 aromatic carbocycles. The highest BCUT2D eigenvalue weighted by atomic mass is 35.5. The first-order chi connectivity index (χ1) is 9.42. The van der Waals surface area contributed by atoms with Crippen molar-refractivity contribution in [2.24, 2.45) is 11.8 Å². The van der Waals surface area contributed by atoms with E-state index in [1.165, 1.54) is 0 Å². The number of halogens is 1. The summed E-state index contributed by atoms with van der Waals surface area (Å²) in [6, 6.07) is 1.84. The van der Waals surface area contributed by atoms with Gasteiger partial charge in [0.05, 0.1) is 0 Å². The predicted molar refractivity (Wildman–Crippen MR) is 84.3 cm³/mol. The maximum Gasteiger partial charge on any atom is 0.158 e. The highest BCUT2D eigenvalue weighted by Crippen LogP contribution is 2.19. The highest BCUT2D eigenvalue weighted by Gasteiger charge is 2.14. The molecule has 1 aromatic rings.